The van der Waals surface area contributed by atoms with E-state index in [0.717, 1.165) is 30.5 Å². The van der Waals surface area contributed by atoms with Crippen molar-refractivity contribution in [2.24, 2.45) is 0 Å². The fraction of sp³-hybridized carbons (Fsp3) is 0.231. The number of carboxylic acid groups (broad SMARTS) is 1. The number of oxazole rings is 1. The van der Waals surface area contributed by atoms with Crippen molar-refractivity contribution >= 4 is 23.1 Å². The number of para-hydroxylation sites is 3. The first-order valence-corrected chi connectivity index (χ1v) is 10.8. The van der Waals surface area contributed by atoms with Crippen LogP contribution in [0.1, 0.15) is 28.8 Å². The third-order valence-corrected chi connectivity index (χ3v) is 5.24. The van der Waals surface area contributed by atoms with Crippen molar-refractivity contribution in [1.82, 2.24) is 4.98 Å². The number of aryl methyl sites for hydroxylation is 1. The molecule has 0 atom stereocenters. The van der Waals surface area contributed by atoms with Gasteiger partial charge in [-0.05, 0) is 49.1 Å². The lowest BCUT2D eigenvalue weighted by atomic mass is 10.1. The molecule has 6 heteroatoms. The summed E-state index contributed by atoms with van der Waals surface area (Å²) in [6.07, 6.45) is 2.64. The maximum Gasteiger partial charge on any atom is 0.339 e. The second-order valence-corrected chi connectivity index (χ2v) is 7.54. The highest BCUT2D eigenvalue weighted by Gasteiger charge is 2.15. The predicted octanol–water partition coefficient (Wildman–Crippen LogP) is 5.43. The van der Waals surface area contributed by atoms with E-state index in [0.29, 0.717) is 31.3 Å². The molecule has 1 heterocycles. The van der Waals surface area contributed by atoms with Gasteiger partial charge in [-0.1, -0.05) is 54.6 Å². The summed E-state index contributed by atoms with van der Waals surface area (Å²) in [6.45, 7) is 1.89. The van der Waals surface area contributed by atoms with E-state index in [1.165, 1.54) is 5.56 Å². The number of benzene rings is 3. The van der Waals surface area contributed by atoms with Crippen molar-refractivity contribution in [3.05, 3.63) is 90.0 Å². The molecule has 1 aromatic heterocycles. The molecule has 0 spiro atoms. The molecule has 0 unspecified atom stereocenters. The van der Waals surface area contributed by atoms with E-state index in [1.54, 1.807) is 24.3 Å². The molecule has 0 bridgehead atoms. The molecule has 32 heavy (non-hydrogen) atoms. The molecule has 4 rings (SSSR count). The number of ether oxygens (including phenoxy) is 1. The molecule has 0 aliphatic heterocycles. The number of anilines is 1. The maximum absolute atomic E-state index is 11.4. The van der Waals surface area contributed by atoms with Gasteiger partial charge in [0.1, 0.15) is 16.8 Å². The van der Waals surface area contributed by atoms with Gasteiger partial charge < -0.3 is 19.2 Å². The first-order valence-electron chi connectivity index (χ1n) is 10.8. The largest absolute Gasteiger partial charge is 0.493 e. The van der Waals surface area contributed by atoms with Gasteiger partial charge in [-0.25, -0.2) is 4.79 Å². The molecule has 6 nitrogen and oxygen atoms in total. The van der Waals surface area contributed by atoms with Crippen LogP contribution in [0.4, 0.5) is 6.01 Å². The number of hydrogen-bond donors (Lipinski definition) is 1. The van der Waals surface area contributed by atoms with Gasteiger partial charge in [0.15, 0.2) is 5.58 Å². The molecular weight excluding hydrogens is 404 g/mol. The molecule has 4 aromatic rings. The van der Waals surface area contributed by atoms with Crippen LogP contribution in [0.2, 0.25) is 0 Å². The molecule has 0 fully saturated rings. The smallest absolute Gasteiger partial charge is 0.339 e. The average molecular weight is 431 g/mol. The molecule has 0 amide bonds. The molecule has 0 aliphatic rings. The van der Waals surface area contributed by atoms with Crippen LogP contribution in [0.5, 0.6) is 5.75 Å². The Bertz CT molecular complexity index is 1120. The summed E-state index contributed by atoms with van der Waals surface area (Å²) in [4.78, 5) is 18.1. The fourth-order valence-corrected chi connectivity index (χ4v) is 3.62. The minimum atomic E-state index is -0.991. The summed E-state index contributed by atoms with van der Waals surface area (Å²) < 4.78 is 11.8. The Morgan fingerprint density at radius 3 is 2.44 bits per heavy atom. The summed E-state index contributed by atoms with van der Waals surface area (Å²) in [7, 11) is 0. The van der Waals surface area contributed by atoms with E-state index < -0.39 is 5.97 Å². The number of rotatable bonds is 11. The second kappa shape index (κ2) is 10.5. The second-order valence-electron chi connectivity index (χ2n) is 7.54. The summed E-state index contributed by atoms with van der Waals surface area (Å²) >= 11 is 0. The van der Waals surface area contributed by atoms with Crippen LogP contribution in [0, 0.1) is 0 Å². The van der Waals surface area contributed by atoms with Gasteiger partial charge >= 0.3 is 5.97 Å². The minimum absolute atomic E-state index is 0.172. The lowest BCUT2D eigenvalue weighted by Gasteiger charge is -2.21. The van der Waals surface area contributed by atoms with Crippen molar-refractivity contribution in [2.75, 3.05) is 24.6 Å². The van der Waals surface area contributed by atoms with Gasteiger partial charge in [-0.3, -0.25) is 0 Å². The SMILES string of the molecule is O=C(O)c1ccccc1OCCCN(CCCc1ccccc1)c1nc2ccccc2o1. The van der Waals surface area contributed by atoms with Crippen molar-refractivity contribution in [3.8, 4) is 5.75 Å². The third kappa shape index (κ3) is 5.46. The quantitative estimate of drug-likeness (QED) is 0.320. The minimum Gasteiger partial charge on any atom is -0.493 e. The van der Waals surface area contributed by atoms with Crippen molar-refractivity contribution in [3.63, 3.8) is 0 Å². The number of carboxylic acids is 1. The standard InChI is InChI=1S/C26H26N2O4/c29-25(30)21-13-4-6-15-23(21)31-19-9-18-28(17-8-12-20-10-2-1-3-11-20)26-27-22-14-5-7-16-24(22)32-26/h1-7,10-11,13-16H,8-9,12,17-19H2,(H,29,30). The monoisotopic (exact) mass is 430 g/mol. The van der Waals surface area contributed by atoms with E-state index in [4.69, 9.17) is 9.15 Å². The lowest BCUT2D eigenvalue weighted by molar-refractivity contribution is 0.0692. The Labute approximate surface area is 187 Å². The van der Waals surface area contributed by atoms with Crippen LogP contribution < -0.4 is 9.64 Å². The molecule has 164 valence electrons. The van der Waals surface area contributed by atoms with Crippen LogP contribution >= 0.6 is 0 Å². The highest BCUT2D eigenvalue weighted by Crippen LogP contribution is 2.23. The van der Waals surface area contributed by atoms with Crippen molar-refractivity contribution in [2.45, 2.75) is 19.3 Å². The number of aromatic carboxylic acids is 1. The van der Waals surface area contributed by atoms with Gasteiger partial charge in [0.2, 0.25) is 0 Å². The molecule has 0 aliphatic carbocycles. The van der Waals surface area contributed by atoms with Gasteiger partial charge in [0.05, 0.1) is 6.61 Å². The summed E-state index contributed by atoms with van der Waals surface area (Å²) in [5.41, 5.74) is 3.08. The highest BCUT2D eigenvalue weighted by atomic mass is 16.5. The summed E-state index contributed by atoms with van der Waals surface area (Å²) in [5.74, 6) is -0.605. The van der Waals surface area contributed by atoms with E-state index in [-0.39, 0.29) is 5.56 Å². The number of nitrogens with zero attached hydrogens (tertiary/aromatic N) is 2. The Hall–Kier alpha value is -3.80. The molecule has 3 aromatic carbocycles. The topological polar surface area (TPSA) is 75.8 Å². The van der Waals surface area contributed by atoms with Gasteiger partial charge in [-0.2, -0.15) is 4.98 Å². The zero-order valence-electron chi connectivity index (χ0n) is 17.8. The zero-order valence-corrected chi connectivity index (χ0v) is 17.8. The Balaban J connectivity index is 1.39. The van der Waals surface area contributed by atoms with Crippen LogP contribution in [-0.4, -0.2) is 35.8 Å². The molecule has 0 saturated carbocycles. The van der Waals surface area contributed by atoms with E-state index >= 15 is 0 Å². The van der Waals surface area contributed by atoms with Crippen LogP contribution in [0.15, 0.2) is 83.3 Å². The van der Waals surface area contributed by atoms with Gasteiger partial charge in [0, 0.05) is 13.1 Å². The van der Waals surface area contributed by atoms with Crippen molar-refractivity contribution in [1.29, 1.82) is 0 Å². The van der Waals surface area contributed by atoms with Crippen molar-refractivity contribution < 1.29 is 19.1 Å². The number of hydrogen-bond acceptors (Lipinski definition) is 5. The zero-order chi connectivity index (χ0) is 22.2. The highest BCUT2D eigenvalue weighted by molar-refractivity contribution is 5.90. The molecule has 0 saturated heterocycles. The van der Waals surface area contributed by atoms with E-state index in [9.17, 15) is 9.90 Å². The van der Waals surface area contributed by atoms with Crippen LogP contribution in [0.25, 0.3) is 11.1 Å². The number of carbonyl (C=O) groups is 1. The third-order valence-electron chi connectivity index (χ3n) is 5.24. The fourth-order valence-electron chi connectivity index (χ4n) is 3.62. The van der Waals surface area contributed by atoms with Gasteiger partial charge in [-0.15, -0.1) is 0 Å². The Morgan fingerprint density at radius 1 is 0.906 bits per heavy atom. The number of fused-ring (bicyclic) bond motifs is 1. The number of aromatic nitrogens is 1. The summed E-state index contributed by atoms with van der Waals surface area (Å²) in [6, 6.07) is 25.4. The lowest BCUT2D eigenvalue weighted by Crippen LogP contribution is -2.27. The maximum atomic E-state index is 11.4. The van der Waals surface area contributed by atoms with Crippen LogP contribution in [0.3, 0.4) is 0 Å². The first-order chi connectivity index (χ1) is 15.7. The van der Waals surface area contributed by atoms with Crippen LogP contribution in [-0.2, 0) is 6.42 Å². The van der Waals surface area contributed by atoms with E-state index in [1.807, 2.05) is 30.3 Å². The predicted molar refractivity (Wildman–Crippen MR) is 124 cm³/mol. The summed E-state index contributed by atoms with van der Waals surface area (Å²) in [5, 5.41) is 9.31. The molecule has 0 radical (unpaired) electrons. The molecule has 1 N–H and O–H groups in total. The van der Waals surface area contributed by atoms with Gasteiger partial charge in [0.25, 0.3) is 6.01 Å². The van der Waals surface area contributed by atoms with E-state index in [2.05, 4.69) is 34.1 Å². The Kier molecular flexibility index (Phi) is 7.02. The molecular formula is C26H26N2O4. The normalized spacial score (nSPS) is 10.9. The Morgan fingerprint density at radius 2 is 1.62 bits per heavy atom. The average Bonchev–Trinajstić information content (AvgIpc) is 3.25. The first kappa shape index (κ1) is 21.4.